The fourth-order valence-corrected chi connectivity index (χ4v) is 3.28. The average molecular weight is 347 g/mol. The fraction of sp³-hybridized carbons (Fsp3) is 0.471. The number of aryl methyl sites for hydroxylation is 1. The van der Waals surface area contributed by atoms with Crippen LogP contribution in [-0.4, -0.2) is 48.4 Å². The number of carbonyl (C=O) groups is 3. The predicted molar refractivity (Wildman–Crippen MR) is 91.0 cm³/mol. The number of nitrogens with one attached hydrogen (secondary N) is 1. The quantitative estimate of drug-likeness (QED) is 0.867. The van der Waals surface area contributed by atoms with Crippen molar-refractivity contribution in [3.63, 3.8) is 0 Å². The fourth-order valence-electron chi connectivity index (χ4n) is 3.28. The first-order valence-corrected chi connectivity index (χ1v) is 8.26. The molecule has 1 aromatic carbocycles. The van der Waals surface area contributed by atoms with E-state index in [4.69, 9.17) is 9.84 Å². The summed E-state index contributed by atoms with van der Waals surface area (Å²) in [6.07, 6.45) is -1.08. The lowest BCUT2D eigenvalue weighted by Crippen LogP contribution is -2.40. The highest BCUT2D eigenvalue weighted by molar-refractivity contribution is 5.98. The monoisotopic (exact) mass is 347 g/mol. The van der Waals surface area contributed by atoms with Crippen LogP contribution in [-0.2, 0) is 16.0 Å². The first-order chi connectivity index (χ1) is 11.9. The molecule has 0 saturated carbocycles. The van der Waals surface area contributed by atoms with Crippen molar-refractivity contribution in [3.8, 4) is 0 Å². The SMILES string of the molecule is CC(C)N1C(=O)CCc2cc(N3CC(CNC(=O)O)OC3=O)ccc21. The largest absolute Gasteiger partial charge is 0.465 e. The van der Waals surface area contributed by atoms with Gasteiger partial charge >= 0.3 is 12.2 Å². The van der Waals surface area contributed by atoms with Gasteiger partial charge in [-0.25, -0.2) is 9.59 Å². The summed E-state index contributed by atoms with van der Waals surface area (Å²) in [5.41, 5.74) is 2.59. The molecule has 0 aliphatic carbocycles. The molecule has 8 heteroatoms. The summed E-state index contributed by atoms with van der Waals surface area (Å²) in [5, 5.41) is 10.9. The van der Waals surface area contributed by atoms with E-state index in [0.717, 1.165) is 11.3 Å². The van der Waals surface area contributed by atoms with Gasteiger partial charge in [-0.3, -0.25) is 9.69 Å². The Bertz CT molecular complexity index is 718. The average Bonchev–Trinajstić information content (AvgIpc) is 2.93. The summed E-state index contributed by atoms with van der Waals surface area (Å²) in [6, 6.07) is 5.63. The number of hydrogen-bond donors (Lipinski definition) is 2. The number of nitrogens with zero attached hydrogens (tertiary/aromatic N) is 2. The number of cyclic esters (lactones) is 1. The molecule has 1 fully saturated rings. The van der Waals surface area contributed by atoms with E-state index in [1.165, 1.54) is 4.90 Å². The van der Waals surface area contributed by atoms with Crippen LogP contribution in [0.5, 0.6) is 0 Å². The molecule has 2 aliphatic heterocycles. The van der Waals surface area contributed by atoms with E-state index in [9.17, 15) is 14.4 Å². The second kappa shape index (κ2) is 6.62. The molecule has 0 aromatic heterocycles. The summed E-state index contributed by atoms with van der Waals surface area (Å²) < 4.78 is 5.20. The molecule has 1 aromatic rings. The number of anilines is 2. The highest BCUT2D eigenvalue weighted by Crippen LogP contribution is 2.33. The van der Waals surface area contributed by atoms with Gasteiger partial charge in [0.25, 0.3) is 0 Å². The highest BCUT2D eigenvalue weighted by Gasteiger charge is 2.34. The minimum absolute atomic E-state index is 0.0537. The van der Waals surface area contributed by atoms with Crippen LogP contribution < -0.4 is 15.1 Å². The number of rotatable bonds is 4. The van der Waals surface area contributed by atoms with Crippen molar-refractivity contribution in [1.82, 2.24) is 5.32 Å². The van der Waals surface area contributed by atoms with Crippen LogP contribution in [0.2, 0.25) is 0 Å². The Morgan fingerprint density at radius 2 is 2.12 bits per heavy atom. The molecule has 1 atom stereocenters. The zero-order chi connectivity index (χ0) is 18.1. The number of fused-ring (bicyclic) bond motifs is 1. The first kappa shape index (κ1) is 17.1. The molecular formula is C17H21N3O5. The van der Waals surface area contributed by atoms with E-state index in [1.54, 1.807) is 11.0 Å². The van der Waals surface area contributed by atoms with Gasteiger partial charge in [0.05, 0.1) is 13.1 Å². The number of carbonyl (C=O) groups excluding carboxylic acids is 2. The highest BCUT2D eigenvalue weighted by atomic mass is 16.6. The minimum atomic E-state index is -1.15. The molecule has 3 rings (SSSR count). The van der Waals surface area contributed by atoms with E-state index in [1.807, 2.05) is 26.0 Å². The van der Waals surface area contributed by atoms with Crippen molar-refractivity contribution in [1.29, 1.82) is 0 Å². The normalized spacial score (nSPS) is 19.9. The third-order valence-corrected chi connectivity index (χ3v) is 4.38. The molecular weight excluding hydrogens is 326 g/mol. The van der Waals surface area contributed by atoms with Gasteiger partial charge in [0.15, 0.2) is 0 Å². The van der Waals surface area contributed by atoms with Crippen molar-refractivity contribution >= 4 is 29.5 Å². The molecule has 0 spiro atoms. The zero-order valence-electron chi connectivity index (χ0n) is 14.2. The van der Waals surface area contributed by atoms with Gasteiger partial charge in [-0.05, 0) is 44.0 Å². The number of benzene rings is 1. The third kappa shape index (κ3) is 3.38. The van der Waals surface area contributed by atoms with Gasteiger partial charge in [-0.2, -0.15) is 0 Å². The van der Waals surface area contributed by atoms with Crippen LogP contribution >= 0.6 is 0 Å². The van der Waals surface area contributed by atoms with E-state index in [-0.39, 0.29) is 25.0 Å². The molecule has 2 heterocycles. The molecule has 25 heavy (non-hydrogen) atoms. The maximum atomic E-state index is 12.1. The summed E-state index contributed by atoms with van der Waals surface area (Å²) in [5.74, 6) is 0.107. The second-order valence-corrected chi connectivity index (χ2v) is 6.47. The summed E-state index contributed by atoms with van der Waals surface area (Å²) in [6.45, 7) is 4.28. The van der Waals surface area contributed by atoms with Crippen LogP contribution in [0.3, 0.4) is 0 Å². The van der Waals surface area contributed by atoms with Gasteiger partial charge in [0.1, 0.15) is 6.10 Å². The number of carboxylic acid groups (broad SMARTS) is 1. The maximum absolute atomic E-state index is 12.1. The van der Waals surface area contributed by atoms with E-state index < -0.39 is 18.3 Å². The number of ether oxygens (including phenoxy) is 1. The van der Waals surface area contributed by atoms with Gasteiger partial charge in [-0.1, -0.05) is 0 Å². The molecule has 2 N–H and O–H groups in total. The second-order valence-electron chi connectivity index (χ2n) is 6.47. The Morgan fingerprint density at radius 3 is 2.80 bits per heavy atom. The van der Waals surface area contributed by atoms with E-state index in [0.29, 0.717) is 18.5 Å². The molecule has 0 bridgehead atoms. The van der Waals surface area contributed by atoms with Crippen molar-refractivity contribution in [2.24, 2.45) is 0 Å². The molecule has 134 valence electrons. The predicted octanol–water partition coefficient (Wildman–Crippen LogP) is 1.97. The first-order valence-electron chi connectivity index (χ1n) is 8.26. The van der Waals surface area contributed by atoms with Gasteiger partial charge in [-0.15, -0.1) is 0 Å². The molecule has 1 unspecified atom stereocenters. The summed E-state index contributed by atoms with van der Waals surface area (Å²) in [4.78, 5) is 38.1. The number of hydrogen-bond acceptors (Lipinski definition) is 4. The summed E-state index contributed by atoms with van der Waals surface area (Å²) in [7, 11) is 0. The zero-order valence-corrected chi connectivity index (χ0v) is 14.2. The molecule has 3 amide bonds. The third-order valence-electron chi connectivity index (χ3n) is 4.38. The van der Waals surface area contributed by atoms with Crippen LogP contribution in [0.1, 0.15) is 25.8 Å². The van der Waals surface area contributed by atoms with Gasteiger partial charge < -0.3 is 20.1 Å². The molecule has 0 radical (unpaired) electrons. The summed E-state index contributed by atoms with van der Waals surface area (Å²) >= 11 is 0. The Morgan fingerprint density at radius 1 is 1.36 bits per heavy atom. The standard InChI is InChI=1S/C17H21N3O5/c1-10(2)20-14-5-4-12(7-11(14)3-6-15(20)21)19-9-13(25-17(19)24)8-18-16(22)23/h4-5,7,10,13,18H,3,6,8-9H2,1-2H3,(H,22,23). The Labute approximate surface area is 145 Å². The molecule has 1 saturated heterocycles. The number of amides is 3. The smallest absolute Gasteiger partial charge is 0.414 e. The topological polar surface area (TPSA) is 99.2 Å². The van der Waals surface area contributed by atoms with Crippen LogP contribution in [0.15, 0.2) is 18.2 Å². The maximum Gasteiger partial charge on any atom is 0.414 e. The van der Waals surface area contributed by atoms with Crippen molar-refractivity contribution in [2.75, 3.05) is 22.9 Å². The minimum Gasteiger partial charge on any atom is -0.465 e. The van der Waals surface area contributed by atoms with Crippen molar-refractivity contribution in [2.45, 2.75) is 38.8 Å². The van der Waals surface area contributed by atoms with Gasteiger partial charge in [0.2, 0.25) is 5.91 Å². The van der Waals surface area contributed by atoms with Crippen LogP contribution in [0, 0.1) is 0 Å². The Kier molecular flexibility index (Phi) is 4.52. The van der Waals surface area contributed by atoms with Gasteiger partial charge in [0, 0.05) is 23.8 Å². The molecule has 8 nitrogen and oxygen atoms in total. The van der Waals surface area contributed by atoms with Crippen molar-refractivity contribution < 1.29 is 24.2 Å². The lowest BCUT2D eigenvalue weighted by molar-refractivity contribution is -0.119. The lowest BCUT2D eigenvalue weighted by atomic mass is 9.99. The lowest BCUT2D eigenvalue weighted by Gasteiger charge is -2.33. The van der Waals surface area contributed by atoms with E-state index in [2.05, 4.69) is 5.32 Å². The van der Waals surface area contributed by atoms with E-state index >= 15 is 0 Å². The Balaban J connectivity index is 1.79. The van der Waals surface area contributed by atoms with Crippen molar-refractivity contribution in [3.05, 3.63) is 23.8 Å². The van der Waals surface area contributed by atoms with Crippen LogP contribution in [0.4, 0.5) is 21.0 Å². The Hall–Kier alpha value is -2.77. The van der Waals surface area contributed by atoms with Crippen LogP contribution in [0.25, 0.3) is 0 Å². The molecule has 2 aliphatic rings.